The van der Waals surface area contributed by atoms with Crippen LogP contribution in [0.4, 0.5) is 5.69 Å². The van der Waals surface area contributed by atoms with Gasteiger partial charge < -0.3 is 5.73 Å². The van der Waals surface area contributed by atoms with Gasteiger partial charge in [0.2, 0.25) is 0 Å². The summed E-state index contributed by atoms with van der Waals surface area (Å²) in [5.74, 6) is 0. The predicted octanol–water partition coefficient (Wildman–Crippen LogP) is 2.78. The topological polar surface area (TPSA) is 69.2 Å². The van der Waals surface area contributed by atoms with Crippen LogP contribution in [-0.2, 0) is 6.42 Å². The molecule has 0 saturated heterocycles. The lowest BCUT2D eigenvalue weighted by atomic mass is 9.86. The molecule has 1 aromatic rings. The molecule has 0 saturated carbocycles. The molecule has 0 radical (unpaired) electrons. The van der Waals surface area contributed by atoms with Crippen LogP contribution < -0.4 is 5.73 Å². The Morgan fingerprint density at radius 2 is 2.12 bits per heavy atom. The maximum Gasteiger partial charge on any atom is 0.288 e. The Morgan fingerprint density at radius 1 is 1.50 bits per heavy atom. The summed E-state index contributed by atoms with van der Waals surface area (Å²) in [5, 5.41) is 10.9. The van der Waals surface area contributed by atoms with Crippen LogP contribution in [0.2, 0.25) is 5.02 Å². The van der Waals surface area contributed by atoms with Gasteiger partial charge in [-0.25, -0.2) is 0 Å². The SMILES string of the molecule is CC(C)(CN)Cc1ccc(Cl)c([N+](=O)[O-])c1. The molecule has 16 heavy (non-hydrogen) atoms. The van der Waals surface area contributed by atoms with Crippen LogP contribution in [0.15, 0.2) is 18.2 Å². The van der Waals surface area contributed by atoms with Gasteiger partial charge in [-0.05, 0) is 30.0 Å². The van der Waals surface area contributed by atoms with Crippen LogP contribution in [0.25, 0.3) is 0 Å². The summed E-state index contributed by atoms with van der Waals surface area (Å²) < 4.78 is 0. The highest BCUT2D eigenvalue weighted by Gasteiger charge is 2.19. The lowest BCUT2D eigenvalue weighted by Crippen LogP contribution is -2.25. The van der Waals surface area contributed by atoms with E-state index in [1.807, 2.05) is 13.8 Å². The van der Waals surface area contributed by atoms with E-state index in [2.05, 4.69) is 0 Å². The predicted molar refractivity (Wildman–Crippen MR) is 64.6 cm³/mol. The van der Waals surface area contributed by atoms with Crippen molar-refractivity contribution in [1.82, 2.24) is 0 Å². The Kier molecular flexibility index (Phi) is 3.88. The van der Waals surface area contributed by atoms with Gasteiger partial charge in [0.15, 0.2) is 0 Å². The fourth-order valence-electron chi connectivity index (χ4n) is 1.43. The summed E-state index contributed by atoms with van der Waals surface area (Å²) in [6.07, 6.45) is 0.696. The zero-order valence-electron chi connectivity index (χ0n) is 9.37. The van der Waals surface area contributed by atoms with Crippen molar-refractivity contribution in [2.75, 3.05) is 6.54 Å². The minimum atomic E-state index is -0.471. The molecule has 0 bridgehead atoms. The molecule has 0 aliphatic heterocycles. The van der Waals surface area contributed by atoms with Gasteiger partial charge in [-0.3, -0.25) is 10.1 Å². The van der Waals surface area contributed by atoms with Crippen LogP contribution in [-0.4, -0.2) is 11.5 Å². The third kappa shape index (κ3) is 3.18. The Morgan fingerprint density at radius 3 is 2.62 bits per heavy atom. The van der Waals surface area contributed by atoms with E-state index >= 15 is 0 Å². The molecule has 0 heterocycles. The van der Waals surface area contributed by atoms with Crippen LogP contribution in [0.3, 0.4) is 0 Å². The zero-order valence-corrected chi connectivity index (χ0v) is 10.1. The lowest BCUT2D eigenvalue weighted by molar-refractivity contribution is -0.384. The number of hydrogen-bond acceptors (Lipinski definition) is 3. The van der Waals surface area contributed by atoms with E-state index in [1.165, 1.54) is 6.07 Å². The smallest absolute Gasteiger partial charge is 0.288 e. The molecule has 88 valence electrons. The molecule has 5 heteroatoms. The van der Waals surface area contributed by atoms with Crippen molar-refractivity contribution in [2.24, 2.45) is 11.1 Å². The highest BCUT2D eigenvalue weighted by atomic mass is 35.5. The number of benzene rings is 1. The van der Waals surface area contributed by atoms with Crippen molar-refractivity contribution in [3.8, 4) is 0 Å². The molecule has 0 spiro atoms. The molecule has 0 unspecified atom stereocenters. The summed E-state index contributed by atoms with van der Waals surface area (Å²) in [4.78, 5) is 10.2. The minimum Gasteiger partial charge on any atom is -0.330 e. The maximum absolute atomic E-state index is 10.7. The Balaban J connectivity index is 3.00. The molecular formula is C11H15ClN2O2. The van der Waals surface area contributed by atoms with Gasteiger partial charge in [0.05, 0.1) is 4.92 Å². The van der Waals surface area contributed by atoms with Gasteiger partial charge >= 0.3 is 0 Å². The third-order valence-electron chi connectivity index (χ3n) is 2.44. The van der Waals surface area contributed by atoms with Gasteiger partial charge in [-0.2, -0.15) is 0 Å². The molecule has 0 aliphatic carbocycles. The van der Waals surface area contributed by atoms with E-state index in [0.717, 1.165) is 5.56 Å². The van der Waals surface area contributed by atoms with Crippen molar-refractivity contribution in [2.45, 2.75) is 20.3 Å². The van der Waals surface area contributed by atoms with Crippen LogP contribution in [0, 0.1) is 15.5 Å². The second kappa shape index (κ2) is 4.80. The molecular weight excluding hydrogens is 228 g/mol. The fourth-order valence-corrected chi connectivity index (χ4v) is 1.62. The van der Waals surface area contributed by atoms with Crippen LogP contribution in [0.5, 0.6) is 0 Å². The monoisotopic (exact) mass is 242 g/mol. The van der Waals surface area contributed by atoms with Crippen molar-refractivity contribution >= 4 is 17.3 Å². The third-order valence-corrected chi connectivity index (χ3v) is 2.76. The first-order valence-corrected chi connectivity index (χ1v) is 5.36. The Labute approximate surface area is 99.6 Å². The van der Waals surface area contributed by atoms with Gasteiger partial charge in [0.25, 0.3) is 5.69 Å². The zero-order chi connectivity index (χ0) is 12.3. The van der Waals surface area contributed by atoms with Crippen molar-refractivity contribution in [3.05, 3.63) is 38.9 Å². The number of nitro groups is 1. The minimum absolute atomic E-state index is 0.0491. The van der Waals surface area contributed by atoms with Gasteiger partial charge in [0, 0.05) is 6.07 Å². The standard InChI is InChI=1S/C11H15ClN2O2/c1-11(2,7-13)6-8-3-4-9(12)10(5-8)14(15)16/h3-5H,6-7,13H2,1-2H3. The highest BCUT2D eigenvalue weighted by Crippen LogP contribution is 2.28. The van der Waals surface area contributed by atoms with Gasteiger partial charge in [-0.15, -0.1) is 0 Å². The van der Waals surface area contributed by atoms with Crippen molar-refractivity contribution < 1.29 is 4.92 Å². The number of hydrogen-bond donors (Lipinski definition) is 1. The van der Waals surface area contributed by atoms with Crippen LogP contribution in [0.1, 0.15) is 19.4 Å². The number of nitrogens with zero attached hydrogens (tertiary/aromatic N) is 1. The largest absolute Gasteiger partial charge is 0.330 e. The molecule has 0 aliphatic rings. The van der Waals surface area contributed by atoms with Gasteiger partial charge in [-0.1, -0.05) is 31.5 Å². The Hall–Kier alpha value is -1.13. The summed E-state index contributed by atoms with van der Waals surface area (Å²) in [7, 11) is 0. The average Bonchev–Trinajstić information content (AvgIpc) is 2.20. The van der Waals surface area contributed by atoms with Crippen molar-refractivity contribution in [3.63, 3.8) is 0 Å². The molecule has 1 aromatic carbocycles. The summed E-state index contributed by atoms with van der Waals surface area (Å²) >= 11 is 5.73. The van der Waals surface area contributed by atoms with Gasteiger partial charge in [0.1, 0.15) is 5.02 Å². The van der Waals surface area contributed by atoms with E-state index in [-0.39, 0.29) is 16.1 Å². The summed E-state index contributed by atoms with van der Waals surface area (Å²) in [5.41, 5.74) is 6.39. The molecule has 1 rings (SSSR count). The summed E-state index contributed by atoms with van der Waals surface area (Å²) in [6.45, 7) is 4.57. The second-order valence-corrected chi connectivity index (χ2v) is 5.00. The number of halogens is 1. The maximum atomic E-state index is 10.7. The van der Waals surface area contributed by atoms with Crippen molar-refractivity contribution in [1.29, 1.82) is 0 Å². The first-order valence-electron chi connectivity index (χ1n) is 4.98. The molecule has 2 N–H and O–H groups in total. The average molecular weight is 243 g/mol. The highest BCUT2D eigenvalue weighted by molar-refractivity contribution is 6.32. The van der Waals surface area contributed by atoms with E-state index in [4.69, 9.17) is 17.3 Å². The van der Waals surface area contributed by atoms with E-state index in [0.29, 0.717) is 13.0 Å². The first kappa shape index (κ1) is 12.9. The lowest BCUT2D eigenvalue weighted by Gasteiger charge is -2.22. The molecule has 0 amide bonds. The van der Waals surface area contributed by atoms with E-state index in [9.17, 15) is 10.1 Å². The number of rotatable bonds is 4. The van der Waals surface area contributed by atoms with E-state index in [1.54, 1.807) is 12.1 Å². The number of nitrogens with two attached hydrogens (primary N) is 1. The number of nitro benzene ring substituents is 1. The fraction of sp³-hybridized carbons (Fsp3) is 0.455. The molecule has 0 fully saturated rings. The quantitative estimate of drug-likeness (QED) is 0.652. The second-order valence-electron chi connectivity index (χ2n) is 4.59. The molecule has 0 atom stereocenters. The molecule has 4 nitrogen and oxygen atoms in total. The first-order chi connectivity index (χ1) is 7.35. The van der Waals surface area contributed by atoms with E-state index < -0.39 is 4.92 Å². The summed E-state index contributed by atoms with van der Waals surface area (Å²) in [6, 6.07) is 4.87. The molecule has 0 aromatic heterocycles. The van der Waals surface area contributed by atoms with Crippen LogP contribution >= 0.6 is 11.6 Å². The Bertz CT molecular complexity index is 405. The normalized spacial score (nSPS) is 11.5.